The molecule has 0 radical (unpaired) electrons. The van der Waals surface area contributed by atoms with E-state index in [9.17, 15) is 9.59 Å². The van der Waals surface area contributed by atoms with Gasteiger partial charge in [-0.15, -0.1) is 0 Å². The van der Waals surface area contributed by atoms with Crippen molar-refractivity contribution in [3.8, 4) is 0 Å². The van der Waals surface area contributed by atoms with Crippen molar-refractivity contribution in [2.24, 2.45) is 5.92 Å². The monoisotopic (exact) mass is 298 g/mol. The zero-order valence-electron chi connectivity index (χ0n) is 11.7. The summed E-state index contributed by atoms with van der Waals surface area (Å²) in [6, 6.07) is 2.02. The summed E-state index contributed by atoms with van der Waals surface area (Å²) < 4.78 is 1.92. The number of hydrogen-bond acceptors (Lipinski definition) is 2. The van der Waals surface area contributed by atoms with Gasteiger partial charge in [-0.05, 0) is 25.8 Å². The van der Waals surface area contributed by atoms with Crippen molar-refractivity contribution in [2.75, 3.05) is 13.1 Å². The summed E-state index contributed by atoms with van der Waals surface area (Å²) in [5, 5.41) is 9.52. The summed E-state index contributed by atoms with van der Waals surface area (Å²) in [7, 11) is 0. The first kappa shape index (κ1) is 14.9. The van der Waals surface area contributed by atoms with Crippen LogP contribution in [0.25, 0.3) is 0 Å². The topological polar surface area (TPSA) is 62.5 Å². The maximum absolute atomic E-state index is 12.6. The number of nitrogens with zero attached hydrogens (tertiary/aromatic N) is 2. The molecule has 1 aromatic rings. The van der Waals surface area contributed by atoms with Crippen LogP contribution in [0.15, 0.2) is 12.3 Å². The molecule has 1 heterocycles. The molecule has 2 rings (SSSR count). The Morgan fingerprint density at radius 1 is 1.55 bits per heavy atom. The van der Waals surface area contributed by atoms with Gasteiger partial charge in [0, 0.05) is 25.3 Å². The molecule has 1 fully saturated rings. The third-order valence-corrected chi connectivity index (χ3v) is 3.77. The van der Waals surface area contributed by atoms with E-state index in [0.29, 0.717) is 23.3 Å². The minimum Gasteiger partial charge on any atom is -0.481 e. The second-order valence-electron chi connectivity index (χ2n) is 5.27. The second-order valence-corrected chi connectivity index (χ2v) is 5.70. The Kier molecular flexibility index (Phi) is 4.38. The van der Waals surface area contributed by atoms with Crippen LogP contribution in [0.3, 0.4) is 0 Å². The average Bonchev–Trinajstić information content (AvgIpc) is 3.17. The highest BCUT2D eigenvalue weighted by atomic mass is 35.5. The zero-order valence-corrected chi connectivity index (χ0v) is 12.4. The van der Waals surface area contributed by atoms with Crippen molar-refractivity contribution < 1.29 is 14.7 Å². The van der Waals surface area contributed by atoms with E-state index in [4.69, 9.17) is 16.7 Å². The Morgan fingerprint density at radius 3 is 2.70 bits per heavy atom. The quantitative estimate of drug-likeness (QED) is 0.878. The van der Waals surface area contributed by atoms with Crippen LogP contribution in [0.2, 0.25) is 5.02 Å². The van der Waals surface area contributed by atoms with Gasteiger partial charge in [0.05, 0.1) is 10.9 Å². The average molecular weight is 299 g/mol. The first-order valence-electron chi connectivity index (χ1n) is 6.83. The van der Waals surface area contributed by atoms with E-state index in [1.807, 2.05) is 11.5 Å². The highest BCUT2D eigenvalue weighted by molar-refractivity contribution is 6.31. The Morgan fingerprint density at radius 2 is 2.20 bits per heavy atom. The molecule has 1 saturated carbocycles. The molecule has 1 unspecified atom stereocenters. The third kappa shape index (κ3) is 3.15. The van der Waals surface area contributed by atoms with Crippen LogP contribution in [0.4, 0.5) is 0 Å². The highest BCUT2D eigenvalue weighted by Gasteiger charge is 2.30. The van der Waals surface area contributed by atoms with Crippen molar-refractivity contribution in [2.45, 2.75) is 32.7 Å². The van der Waals surface area contributed by atoms with Gasteiger partial charge in [0.25, 0.3) is 5.91 Å². The molecular formula is C14H19ClN2O3. The minimum atomic E-state index is -0.896. The summed E-state index contributed by atoms with van der Waals surface area (Å²) in [6.07, 6.45) is 3.90. The van der Waals surface area contributed by atoms with Gasteiger partial charge in [-0.2, -0.15) is 0 Å². The molecule has 1 aromatic heterocycles. The van der Waals surface area contributed by atoms with E-state index in [1.165, 1.54) is 0 Å². The Hall–Kier alpha value is -1.49. The predicted octanol–water partition coefficient (Wildman–Crippen LogP) is 2.66. The summed E-state index contributed by atoms with van der Waals surface area (Å²) >= 11 is 6.00. The number of aromatic nitrogens is 1. The predicted molar refractivity (Wildman–Crippen MR) is 76.1 cm³/mol. The molecular weight excluding hydrogens is 280 g/mol. The standard InChI is InChI=1S/C14H19ClN2O3/c1-3-16(7-9(2)14(19)20)13(18)12-6-10(15)8-17(12)11-4-5-11/h6,8-9,11H,3-5,7H2,1-2H3,(H,19,20). The van der Waals surface area contributed by atoms with Gasteiger partial charge in [-0.1, -0.05) is 18.5 Å². The molecule has 110 valence electrons. The van der Waals surface area contributed by atoms with Crippen LogP contribution >= 0.6 is 11.6 Å². The minimum absolute atomic E-state index is 0.153. The zero-order chi connectivity index (χ0) is 14.9. The van der Waals surface area contributed by atoms with Gasteiger partial charge in [-0.3, -0.25) is 9.59 Å². The van der Waals surface area contributed by atoms with Gasteiger partial charge in [-0.25, -0.2) is 0 Å². The van der Waals surface area contributed by atoms with E-state index in [-0.39, 0.29) is 12.5 Å². The SMILES string of the molecule is CCN(CC(C)C(=O)O)C(=O)c1cc(Cl)cn1C1CC1. The van der Waals surface area contributed by atoms with Crippen LogP contribution in [0, 0.1) is 5.92 Å². The lowest BCUT2D eigenvalue weighted by atomic mass is 10.1. The normalized spacial score (nSPS) is 15.9. The highest BCUT2D eigenvalue weighted by Crippen LogP contribution is 2.37. The summed E-state index contributed by atoms with van der Waals surface area (Å²) in [6.45, 7) is 4.13. The number of carboxylic acid groups (broad SMARTS) is 1. The molecule has 5 nitrogen and oxygen atoms in total. The lowest BCUT2D eigenvalue weighted by Gasteiger charge is -2.23. The Bertz CT molecular complexity index is 522. The van der Waals surface area contributed by atoms with E-state index in [1.54, 1.807) is 24.1 Å². The molecule has 1 aliphatic carbocycles. The number of aliphatic carboxylic acids is 1. The number of amides is 1. The second kappa shape index (κ2) is 5.87. The van der Waals surface area contributed by atoms with E-state index < -0.39 is 11.9 Å². The molecule has 0 spiro atoms. The number of rotatable bonds is 6. The molecule has 0 aromatic carbocycles. The number of carboxylic acids is 1. The fraction of sp³-hybridized carbons (Fsp3) is 0.571. The largest absolute Gasteiger partial charge is 0.481 e. The number of carbonyl (C=O) groups excluding carboxylic acids is 1. The van der Waals surface area contributed by atoms with Crippen LogP contribution in [-0.4, -0.2) is 39.5 Å². The van der Waals surface area contributed by atoms with Crippen molar-refractivity contribution in [3.63, 3.8) is 0 Å². The maximum Gasteiger partial charge on any atom is 0.308 e. The summed E-state index contributed by atoms with van der Waals surface area (Å²) in [4.78, 5) is 25.0. The molecule has 20 heavy (non-hydrogen) atoms. The Labute approximate surface area is 123 Å². The fourth-order valence-corrected chi connectivity index (χ4v) is 2.41. The van der Waals surface area contributed by atoms with Crippen LogP contribution in [0.1, 0.15) is 43.2 Å². The van der Waals surface area contributed by atoms with Crippen molar-refractivity contribution in [3.05, 3.63) is 23.0 Å². The van der Waals surface area contributed by atoms with Crippen molar-refractivity contribution in [1.82, 2.24) is 9.47 Å². The molecule has 1 atom stereocenters. The van der Waals surface area contributed by atoms with Crippen LogP contribution in [-0.2, 0) is 4.79 Å². The number of hydrogen-bond donors (Lipinski definition) is 1. The van der Waals surface area contributed by atoms with Crippen LogP contribution in [0.5, 0.6) is 0 Å². The van der Waals surface area contributed by atoms with Crippen molar-refractivity contribution >= 4 is 23.5 Å². The molecule has 1 aliphatic rings. The summed E-state index contributed by atoms with van der Waals surface area (Å²) in [5.41, 5.74) is 0.553. The first-order valence-corrected chi connectivity index (χ1v) is 7.21. The van der Waals surface area contributed by atoms with E-state index in [2.05, 4.69) is 0 Å². The smallest absolute Gasteiger partial charge is 0.308 e. The van der Waals surface area contributed by atoms with E-state index in [0.717, 1.165) is 12.8 Å². The molecule has 6 heteroatoms. The summed E-state index contributed by atoms with van der Waals surface area (Å²) in [5.74, 6) is -1.63. The van der Waals surface area contributed by atoms with Gasteiger partial charge >= 0.3 is 5.97 Å². The molecule has 0 bridgehead atoms. The number of carbonyl (C=O) groups is 2. The van der Waals surface area contributed by atoms with E-state index >= 15 is 0 Å². The van der Waals surface area contributed by atoms with Gasteiger partial charge < -0.3 is 14.6 Å². The van der Waals surface area contributed by atoms with Crippen LogP contribution < -0.4 is 0 Å². The number of halogens is 1. The van der Waals surface area contributed by atoms with Gasteiger partial charge in [0.2, 0.25) is 0 Å². The molecule has 1 amide bonds. The van der Waals surface area contributed by atoms with Gasteiger partial charge in [0.1, 0.15) is 5.69 Å². The molecule has 0 saturated heterocycles. The van der Waals surface area contributed by atoms with Crippen molar-refractivity contribution in [1.29, 1.82) is 0 Å². The third-order valence-electron chi connectivity index (χ3n) is 3.56. The lowest BCUT2D eigenvalue weighted by Crippen LogP contribution is -2.37. The first-order chi connectivity index (χ1) is 9.43. The molecule has 1 N–H and O–H groups in total. The maximum atomic E-state index is 12.6. The molecule has 0 aliphatic heterocycles. The fourth-order valence-electron chi connectivity index (χ4n) is 2.20. The van der Waals surface area contributed by atoms with Gasteiger partial charge in [0.15, 0.2) is 0 Å². The lowest BCUT2D eigenvalue weighted by molar-refractivity contribution is -0.141. The Balaban J connectivity index is 2.17.